The first-order valence-corrected chi connectivity index (χ1v) is 10.6. The van der Waals surface area contributed by atoms with Crippen molar-refractivity contribution in [2.45, 2.75) is 39.3 Å². The van der Waals surface area contributed by atoms with E-state index in [1.165, 1.54) is 45.9 Å². The molecule has 29 heavy (non-hydrogen) atoms. The van der Waals surface area contributed by atoms with Crippen LogP contribution in [0.25, 0.3) is 0 Å². The lowest BCUT2D eigenvalue weighted by atomic mass is 10.0. The van der Waals surface area contributed by atoms with Crippen LogP contribution in [0.15, 0.2) is 41.1 Å². The maximum atomic E-state index is 13.5. The van der Waals surface area contributed by atoms with Crippen LogP contribution in [0.1, 0.15) is 47.7 Å². The molecule has 2 amide bonds. The van der Waals surface area contributed by atoms with Crippen molar-refractivity contribution in [3.05, 3.63) is 63.0 Å². The van der Waals surface area contributed by atoms with Crippen LogP contribution in [0.3, 0.4) is 0 Å². The van der Waals surface area contributed by atoms with E-state index in [1.807, 2.05) is 39.1 Å². The first-order valence-electron chi connectivity index (χ1n) is 8.89. The summed E-state index contributed by atoms with van der Waals surface area (Å²) in [7, 11) is 0. The molecule has 1 unspecified atom stereocenters. The van der Waals surface area contributed by atoms with E-state index in [2.05, 4.69) is 14.9 Å². The summed E-state index contributed by atoms with van der Waals surface area (Å²) in [5.41, 5.74) is 0.911. The Bertz CT molecular complexity index is 994. The molecule has 0 saturated carbocycles. The minimum absolute atomic E-state index is 0.127. The van der Waals surface area contributed by atoms with Gasteiger partial charge in [0.2, 0.25) is 5.91 Å². The number of nitrogens with zero attached hydrogens (tertiary/aromatic N) is 3. The fourth-order valence-electron chi connectivity index (χ4n) is 2.82. The summed E-state index contributed by atoms with van der Waals surface area (Å²) < 4.78 is 17.3. The van der Waals surface area contributed by atoms with Gasteiger partial charge in [-0.25, -0.2) is 4.39 Å². The fraction of sp³-hybridized carbons (Fsp3) is 0.300. The van der Waals surface area contributed by atoms with Crippen LogP contribution in [-0.2, 0) is 4.79 Å². The minimum atomic E-state index is -0.936. The van der Waals surface area contributed by atoms with Crippen molar-refractivity contribution in [3.63, 3.8) is 0 Å². The standard InChI is InChI=1S/C20H21FN4O2S2/c1-12-9-10-28-17(12)16(18(26)22-20(2,3)4)25(14-7-5-13(21)6-8-14)19(27)15-11-29-24-23-15/h5-11,16H,1-4H3,(H,22,26). The summed E-state index contributed by atoms with van der Waals surface area (Å²) in [6.07, 6.45) is 0. The Hall–Kier alpha value is -2.65. The summed E-state index contributed by atoms with van der Waals surface area (Å²) in [5.74, 6) is -1.24. The van der Waals surface area contributed by atoms with Gasteiger partial charge in [0.25, 0.3) is 5.91 Å². The van der Waals surface area contributed by atoms with Crippen LogP contribution in [0.4, 0.5) is 10.1 Å². The Labute approximate surface area is 176 Å². The van der Waals surface area contributed by atoms with E-state index in [0.717, 1.165) is 22.0 Å². The van der Waals surface area contributed by atoms with Gasteiger partial charge >= 0.3 is 0 Å². The van der Waals surface area contributed by atoms with Crippen LogP contribution in [0, 0.1) is 12.7 Å². The maximum absolute atomic E-state index is 13.5. The van der Waals surface area contributed by atoms with Crippen molar-refractivity contribution in [3.8, 4) is 0 Å². The molecule has 0 saturated heterocycles. The third-order valence-electron chi connectivity index (χ3n) is 4.06. The van der Waals surface area contributed by atoms with E-state index in [0.29, 0.717) is 5.69 Å². The Morgan fingerprint density at radius 1 is 1.17 bits per heavy atom. The van der Waals surface area contributed by atoms with E-state index in [-0.39, 0.29) is 11.6 Å². The molecule has 0 bridgehead atoms. The highest BCUT2D eigenvalue weighted by Gasteiger charge is 2.37. The number of thiophene rings is 1. The van der Waals surface area contributed by atoms with Crippen LogP contribution in [0.2, 0.25) is 0 Å². The lowest BCUT2D eigenvalue weighted by molar-refractivity contribution is -0.123. The number of nitrogens with one attached hydrogen (secondary N) is 1. The van der Waals surface area contributed by atoms with Gasteiger partial charge in [0, 0.05) is 21.5 Å². The SMILES string of the molecule is Cc1ccsc1C(C(=O)NC(C)(C)C)N(C(=O)c1csnn1)c1ccc(F)cc1. The second-order valence-corrected chi connectivity index (χ2v) is 9.11. The number of carbonyl (C=O) groups excluding carboxylic acids is 2. The van der Waals surface area contributed by atoms with Crippen molar-refractivity contribution >= 4 is 40.4 Å². The van der Waals surface area contributed by atoms with E-state index < -0.39 is 23.3 Å². The molecule has 1 atom stereocenters. The van der Waals surface area contributed by atoms with Gasteiger partial charge in [-0.2, -0.15) is 0 Å². The number of aryl methyl sites for hydroxylation is 1. The molecule has 0 fully saturated rings. The smallest absolute Gasteiger partial charge is 0.280 e. The number of hydrogen-bond acceptors (Lipinski definition) is 6. The second kappa shape index (κ2) is 8.38. The maximum Gasteiger partial charge on any atom is 0.280 e. The van der Waals surface area contributed by atoms with Crippen molar-refractivity contribution in [2.24, 2.45) is 0 Å². The molecule has 2 heterocycles. The Balaban J connectivity index is 2.16. The Morgan fingerprint density at radius 3 is 2.38 bits per heavy atom. The zero-order chi connectivity index (χ0) is 21.2. The molecule has 152 valence electrons. The van der Waals surface area contributed by atoms with E-state index in [1.54, 1.807) is 0 Å². The van der Waals surface area contributed by atoms with Gasteiger partial charge in [-0.15, -0.1) is 16.4 Å². The van der Waals surface area contributed by atoms with Crippen molar-refractivity contribution in [1.29, 1.82) is 0 Å². The predicted octanol–water partition coefficient (Wildman–Crippen LogP) is 4.35. The van der Waals surface area contributed by atoms with Crippen LogP contribution < -0.4 is 10.2 Å². The molecular weight excluding hydrogens is 411 g/mol. The van der Waals surface area contributed by atoms with Crippen molar-refractivity contribution in [1.82, 2.24) is 14.9 Å². The quantitative estimate of drug-likeness (QED) is 0.650. The molecule has 0 spiro atoms. The van der Waals surface area contributed by atoms with E-state index in [4.69, 9.17) is 0 Å². The lowest BCUT2D eigenvalue weighted by Gasteiger charge is -2.33. The van der Waals surface area contributed by atoms with Gasteiger partial charge in [0.05, 0.1) is 0 Å². The second-order valence-electron chi connectivity index (χ2n) is 7.55. The molecule has 1 aromatic carbocycles. The summed E-state index contributed by atoms with van der Waals surface area (Å²) in [6.45, 7) is 7.51. The molecule has 0 radical (unpaired) electrons. The van der Waals surface area contributed by atoms with E-state index >= 15 is 0 Å². The number of amides is 2. The number of anilines is 1. The van der Waals surface area contributed by atoms with Crippen LogP contribution in [-0.4, -0.2) is 26.9 Å². The van der Waals surface area contributed by atoms with Crippen molar-refractivity contribution < 1.29 is 14.0 Å². The summed E-state index contributed by atoms with van der Waals surface area (Å²) in [6, 6.07) is 6.44. The number of benzene rings is 1. The van der Waals surface area contributed by atoms with Crippen molar-refractivity contribution in [2.75, 3.05) is 4.90 Å². The van der Waals surface area contributed by atoms with Gasteiger partial charge in [0.15, 0.2) is 11.7 Å². The van der Waals surface area contributed by atoms with Gasteiger partial charge in [0.1, 0.15) is 5.82 Å². The van der Waals surface area contributed by atoms with Gasteiger partial charge in [-0.05, 0) is 80.5 Å². The average Bonchev–Trinajstić information content (AvgIpc) is 3.30. The number of halogens is 1. The predicted molar refractivity (Wildman–Crippen MR) is 113 cm³/mol. The molecule has 2 aromatic heterocycles. The summed E-state index contributed by atoms with van der Waals surface area (Å²) in [4.78, 5) is 28.8. The number of aromatic nitrogens is 2. The molecule has 9 heteroatoms. The minimum Gasteiger partial charge on any atom is -0.349 e. The molecule has 0 aliphatic heterocycles. The number of carbonyl (C=O) groups is 2. The first kappa shape index (κ1) is 21.1. The molecule has 0 aliphatic carbocycles. The topological polar surface area (TPSA) is 75.2 Å². The third kappa shape index (κ3) is 4.86. The van der Waals surface area contributed by atoms with Gasteiger partial charge in [-0.3, -0.25) is 14.5 Å². The molecule has 1 N–H and O–H groups in total. The third-order valence-corrected chi connectivity index (χ3v) is 5.63. The summed E-state index contributed by atoms with van der Waals surface area (Å²) in [5, 5.41) is 10.2. The van der Waals surface area contributed by atoms with Gasteiger partial charge < -0.3 is 5.32 Å². The number of rotatable bonds is 5. The molecular formula is C20H21FN4O2S2. The monoisotopic (exact) mass is 432 g/mol. The molecule has 6 nitrogen and oxygen atoms in total. The fourth-order valence-corrected chi connectivity index (χ4v) is 4.27. The Morgan fingerprint density at radius 2 is 1.86 bits per heavy atom. The summed E-state index contributed by atoms with van der Waals surface area (Å²) >= 11 is 2.44. The molecule has 0 aliphatic rings. The van der Waals surface area contributed by atoms with Crippen LogP contribution >= 0.6 is 22.9 Å². The highest BCUT2D eigenvalue weighted by atomic mass is 32.1. The normalized spacial score (nSPS) is 12.4. The molecule has 3 rings (SSSR count). The van der Waals surface area contributed by atoms with E-state index in [9.17, 15) is 14.0 Å². The highest BCUT2D eigenvalue weighted by molar-refractivity contribution is 7.10. The molecule has 3 aromatic rings. The Kier molecular flexibility index (Phi) is 6.09. The largest absolute Gasteiger partial charge is 0.349 e. The first-order chi connectivity index (χ1) is 13.7. The average molecular weight is 433 g/mol. The zero-order valence-electron chi connectivity index (χ0n) is 16.5. The lowest BCUT2D eigenvalue weighted by Crippen LogP contribution is -2.49. The zero-order valence-corrected chi connectivity index (χ0v) is 18.1. The number of hydrogen-bond donors (Lipinski definition) is 1. The van der Waals surface area contributed by atoms with Gasteiger partial charge in [-0.1, -0.05) is 4.49 Å². The van der Waals surface area contributed by atoms with Crippen LogP contribution in [0.5, 0.6) is 0 Å². The highest BCUT2D eigenvalue weighted by Crippen LogP contribution is 2.34.